The van der Waals surface area contributed by atoms with Gasteiger partial charge in [-0.25, -0.2) is 9.67 Å². The minimum atomic E-state index is -0.641. The zero-order chi connectivity index (χ0) is 18.2. The number of amides is 1. The molecular weight excluding hydrogens is 318 g/mol. The first-order valence-electron chi connectivity index (χ1n) is 8.37. The average Bonchev–Trinajstić information content (AvgIpc) is 2.96. The van der Waals surface area contributed by atoms with Gasteiger partial charge in [0.25, 0.3) is 5.91 Å². The standard InChI is InChI=1S/C17H25N7O/c1-17(2,3)23-8-6-22(7-9-23)14-5-4-12(10-20-14)24-11-13(18)15(21-24)16(19)25/h4-5,10-11H,6-9,18H2,1-3H3,(H2,19,25). The number of hydrogen-bond acceptors (Lipinski definition) is 6. The number of aromatic nitrogens is 3. The molecule has 2 aromatic heterocycles. The van der Waals surface area contributed by atoms with Crippen LogP contribution in [0.2, 0.25) is 0 Å². The first-order chi connectivity index (χ1) is 11.8. The summed E-state index contributed by atoms with van der Waals surface area (Å²) in [6, 6.07) is 3.87. The molecule has 8 nitrogen and oxygen atoms in total. The summed E-state index contributed by atoms with van der Waals surface area (Å²) in [4.78, 5) is 20.6. The quantitative estimate of drug-likeness (QED) is 0.856. The maximum Gasteiger partial charge on any atom is 0.271 e. The van der Waals surface area contributed by atoms with Gasteiger partial charge in [0.2, 0.25) is 0 Å². The van der Waals surface area contributed by atoms with Crippen molar-refractivity contribution >= 4 is 17.4 Å². The average molecular weight is 343 g/mol. The molecule has 1 amide bonds. The van der Waals surface area contributed by atoms with Gasteiger partial charge in [-0.2, -0.15) is 5.10 Å². The van der Waals surface area contributed by atoms with E-state index in [1.165, 1.54) is 4.68 Å². The Morgan fingerprint density at radius 3 is 2.32 bits per heavy atom. The van der Waals surface area contributed by atoms with E-state index in [0.717, 1.165) is 37.7 Å². The molecule has 0 spiro atoms. The number of pyridine rings is 1. The van der Waals surface area contributed by atoms with E-state index in [9.17, 15) is 4.79 Å². The molecule has 3 heterocycles. The molecule has 0 bridgehead atoms. The second-order valence-corrected chi connectivity index (χ2v) is 7.26. The lowest BCUT2D eigenvalue weighted by atomic mass is 10.1. The third-order valence-electron chi connectivity index (χ3n) is 4.53. The third-order valence-corrected chi connectivity index (χ3v) is 4.53. The molecule has 3 rings (SSSR count). The van der Waals surface area contributed by atoms with E-state index in [1.807, 2.05) is 12.1 Å². The molecule has 0 radical (unpaired) electrons. The molecule has 2 aromatic rings. The van der Waals surface area contributed by atoms with Crippen molar-refractivity contribution in [1.82, 2.24) is 19.7 Å². The fourth-order valence-corrected chi connectivity index (χ4v) is 3.02. The predicted molar refractivity (Wildman–Crippen MR) is 97.8 cm³/mol. The highest BCUT2D eigenvalue weighted by atomic mass is 16.1. The fourth-order valence-electron chi connectivity index (χ4n) is 3.02. The van der Waals surface area contributed by atoms with Gasteiger partial charge in [-0.3, -0.25) is 9.69 Å². The smallest absolute Gasteiger partial charge is 0.271 e. The first-order valence-corrected chi connectivity index (χ1v) is 8.37. The zero-order valence-corrected chi connectivity index (χ0v) is 14.9. The Labute approximate surface area is 147 Å². The summed E-state index contributed by atoms with van der Waals surface area (Å²) in [5, 5.41) is 4.12. The lowest BCUT2D eigenvalue weighted by molar-refractivity contribution is 0.0996. The molecule has 1 aliphatic heterocycles. The van der Waals surface area contributed by atoms with Gasteiger partial charge in [-0.05, 0) is 32.9 Å². The number of nitrogens with zero attached hydrogens (tertiary/aromatic N) is 5. The Kier molecular flexibility index (Phi) is 4.38. The van der Waals surface area contributed by atoms with Gasteiger partial charge in [0.05, 0.1) is 23.8 Å². The van der Waals surface area contributed by atoms with Crippen LogP contribution < -0.4 is 16.4 Å². The summed E-state index contributed by atoms with van der Waals surface area (Å²) in [5.41, 5.74) is 12.3. The van der Waals surface area contributed by atoms with Crippen molar-refractivity contribution in [2.75, 3.05) is 36.8 Å². The Morgan fingerprint density at radius 2 is 1.84 bits per heavy atom. The lowest BCUT2D eigenvalue weighted by Gasteiger charge is -2.42. The number of primary amides is 1. The van der Waals surface area contributed by atoms with Crippen molar-refractivity contribution in [1.29, 1.82) is 0 Å². The number of piperazine rings is 1. The molecule has 0 saturated carbocycles. The van der Waals surface area contributed by atoms with E-state index in [4.69, 9.17) is 11.5 Å². The van der Waals surface area contributed by atoms with Gasteiger partial charge in [-0.1, -0.05) is 0 Å². The van der Waals surface area contributed by atoms with Crippen LogP contribution in [0.3, 0.4) is 0 Å². The van der Waals surface area contributed by atoms with Gasteiger partial charge < -0.3 is 16.4 Å². The zero-order valence-electron chi connectivity index (χ0n) is 14.9. The molecule has 0 aromatic carbocycles. The second kappa shape index (κ2) is 6.36. The molecule has 0 atom stereocenters. The minimum Gasteiger partial charge on any atom is -0.396 e. The number of carbonyl (C=O) groups is 1. The summed E-state index contributed by atoms with van der Waals surface area (Å²) < 4.78 is 1.52. The summed E-state index contributed by atoms with van der Waals surface area (Å²) in [6.07, 6.45) is 3.29. The van der Waals surface area contributed by atoms with Gasteiger partial charge in [0, 0.05) is 31.7 Å². The van der Waals surface area contributed by atoms with E-state index in [-0.39, 0.29) is 16.9 Å². The first kappa shape index (κ1) is 17.2. The molecule has 134 valence electrons. The maximum atomic E-state index is 11.3. The molecule has 4 N–H and O–H groups in total. The monoisotopic (exact) mass is 343 g/mol. The van der Waals surface area contributed by atoms with Crippen molar-refractivity contribution in [3.05, 3.63) is 30.2 Å². The van der Waals surface area contributed by atoms with Gasteiger partial charge >= 0.3 is 0 Å². The van der Waals surface area contributed by atoms with Crippen LogP contribution >= 0.6 is 0 Å². The molecule has 0 unspecified atom stereocenters. The van der Waals surface area contributed by atoms with Crippen LogP contribution in [-0.4, -0.2) is 57.3 Å². The van der Waals surface area contributed by atoms with E-state index in [0.29, 0.717) is 0 Å². The van der Waals surface area contributed by atoms with Crippen molar-refractivity contribution in [3.8, 4) is 5.69 Å². The molecule has 8 heteroatoms. The van der Waals surface area contributed by atoms with Gasteiger partial charge in [-0.15, -0.1) is 0 Å². The molecule has 1 fully saturated rings. The highest BCUT2D eigenvalue weighted by Crippen LogP contribution is 2.20. The van der Waals surface area contributed by atoms with Crippen molar-refractivity contribution in [2.45, 2.75) is 26.3 Å². The van der Waals surface area contributed by atoms with Crippen LogP contribution in [-0.2, 0) is 0 Å². The Hall–Kier alpha value is -2.61. The number of nitrogens with two attached hydrogens (primary N) is 2. The van der Waals surface area contributed by atoms with E-state index in [1.54, 1.807) is 12.4 Å². The number of rotatable bonds is 3. The number of nitrogen functional groups attached to an aromatic ring is 1. The van der Waals surface area contributed by atoms with Crippen LogP contribution in [0.4, 0.5) is 11.5 Å². The van der Waals surface area contributed by atoms with E-state index < -0.39 is 5.91 Å². The van der Waals surface area contributed by atoms with E-state index in [2.05, 4.69) is 40.7 Å². The molecule has 0 aliphatic carbocycles. The maximum absolute atomic E-state index is 11.3. The number of anilines is 2. The molecule has 25 heavy (non-hydrogen) atoms. The topological polar surface area (TPSA) is 106 Å². The largest absolute Gasteiger partial charge is 0.396 e. The van der Waals surface area contributed by atoms with Crippen molar-refractivity contribution in [3.63, 3.8) is 0 Å². The second-order valence-electron chi connectivity index (χ2n) is 7.26. The predicted octanol–water partition coefficient (Wildman–Crippen LogP) is 0.869. The Balaban J connectivity index is 1.71. The highest BCUT2D eigenvalue weighted by Gasteiger charge is 2.26. The van der Waals surface area contributed by atoms with Crippen molar-refractivity contribution in [2.24, 2.45) is 5.73 Å². The Morgan fingerprint density at radius 1 is 1.16 bits per heavy atom. The van der Waals surface area contributed by atoms with Crippen LogP contribution in [0.25, 0.3) is 5.69 Å². The van der Waals surface area contributed by atoms with Crippen LogP contribution in [0.15, 0.2) is 24.5 Å². The number of hydrogen-bond donors (Lipinski definition) is 2. The van der Waals surface area contributed by atoms with Gasteiger partial charge in [0.1, 0.15) is 5.82 Å². The highest BCUT2D eigenvalue weighted by molar-refractivity contribution is 5.95. The lowest BCUT2D eigenvalue weighted by Crippen LogP contribution is -2.53. The minimum absolute atomic E-state index is 0.0716. The summed E-state index contributed by atoms with van der Waals surface area (Å²) >= 11 is 0. The summed E-state index contributed by atoms with van der Waals surface area (Å²) in [5.74, 6) is 0.296. The van der Waals surface area contributed by atoms with Crippen LogP contribution in [0.1, 0.15) is 31.3 Å². The molecule has 1 aliphatic rings. The third kappa shape index (κ3) is 3.58. The van der Waals surface area contributed by atoms with Gasteiger partial charge in [0.15, 0.2) is 5.69 Å². The number of carbonyl (C=O) groups excluding carboxylic acids is 1. The van der Waals surface area contributed by atoms with Crippen LogP contribution in [0.5, 0.6) is 0 Å². The Bertz CT molecular complexity index is 752. The normalized spacial score (nSPS) is 16.2. The fraction of sp³-hybridized carbons (Fsp3) is 0.471. The van der Waals surface area contributed by atoms with Crippen molar-refractivity contribution < 1.29 is 4.79 Å². The molecular formula is C17H25N7O. The van der Waals surface area contributed by atoms with Crippen LogP contribution in [0, 0.1) is 0 Å². The molecule has 1 saturated heterocycles. The summed E-state index contributed by atoms with van der Waals surface area (Å²) in [6.45, 7) is 10.7. The van der Waals surface area contributed by atoms with E-state index >= 15 is 0 Å². The SMILES string of the molecule is CC(C)(C)N1CCN(c2ccc(-n3cc(N)c(C(N)=O)n3)cn2)CC1. The summed E-state index contributed by atoms with van der Waals surface area (Å²) in [7, 11) is 0.